The number of rotatable bonds is 2. The number of amides is 1. The maximum atomic E-state index is 13.1. The molecule has 0 spiro atoms. The molecule has 2 aromatic rings. The van der Waals surface area contributed by atoms with Crippen LogP contribution >= 0.6 is 0 Å². The van der Waals surface area contributed by atoms with Gasteiger partial charge >= 0.3 is 10.2 Å². The lowest BCUT2D eigenvalue weighted by Gasteiger charge is -2.18. The first-order valence-corrected chi connectivity index (χ1v) is 7.91. The third-order valence-corrected chi connectivity index (χ3v) is 4.73. The Hall–Kier alpha value is -2.02. The van der Waals surface area contributed by atoms with Crippen LogP contribution in [0.2, 0.25) is 0 Å². The van der Waals surface area contributed by atoms with Gasteiger partial charge in [0.05, 0.1) is 11.2 Å². The van der Waals surface area contributed by atoms with Crippen molar-refractivity contribution >= 4 is 32.7 Å². The van der Waals surface area contributed by atoms with E-state index in [4.69, 9.17) is 0 Å². The van der Waals surface area contributed by atoms with Gasteiger partial charge in [-0.25, -0.2) is 0 Å². The number of aryl methyl sites for hydroxylation is 1. The van der Waals surface area contributed by atoms with E-state index < -0.39 is 21.4 Å². The number of para-hydroxylation sites is 1. The van der Waals surface area contributed by atoms with Crippen LogP contribution in [0.1, 0.15) is 12.1 Å². The van der Waals surface area contributed by atoms with E-state index in [1.165, 1.54) is 4.90 Å². The number of anilines is 1. The minimum atomic E-state index is -4.72. The van der Waals surface area contributed by atoms with Gasteiger partial charge in [-0.15, -0.1) is 3.89 Å². The number of carbonyl (C=O) groups excluding carboxylic acids is 1. The highest BCUT2D eigenvalue weighted by Crippen LogP contribution is 2.31. The molecule has 2 heterocycles. The summed E-state index contributed by atoms with van der Waals surface area (Å²) < 4.78 is 35.1. The second kappa shape index (κ2) is 4.77. The topological polar surface area (TPSA) is 67.3 Å². The molecule has 110 valence electrons. The molecule has 1 saturated heterocycles. The van der Waals surface area contributed by atoms with Crippen LogP contribution in [0.3, 0.4) is 0 Å². The normalized spacial score (nSPS) is 19.4. The first kappa shape index (κ1) is 13.9. The average Bonchev–Trinajstić information content (AvgIpc) is 2.80. The van der Waals surface area contributed by atoms with Crippen LogP contribution in [0.15, 0.2) is 30.3 Å². The third-order valence-electron chi connectivity index (χ3n) is 3.62. The highest BCUT2D eigenvalue weighted by atomic mass is 32.3. The van der Waals surface area contributed by atoms with E-state index >= 15 is 0 Å². The molecule has 1 amide bonds. The standard InChI is InChI=1S/C14H13FN2O3S/c1-9-5-6-10-3-2-4-12(14(10)16-9)17-8-11(7-13(17)18)21(15,19)20/h2-6,11H,7-8H2,1H3. The Labute approximate surface area is 121 Å². The van der Waals surface area contributed by atoms with Crippen molar-refractivity contribution in [3.05, 3.63) is 36.0 Å². The summed E-state index contributed by atoms with van der Waals surface area (Å²) in [7, 11) is -4.72. The van der Waals surface area contributed by atoms with E-state index in [0.29, 0.717) is 11.2 Å². The summed E-state index contributed by atoms with van der Waals surface area (Å²) in [6.45, 7) is 1.66. The number of benzene rings is 1. The van der Waals surface area contributed by atoms with Gasteiger partial charge in [0.15, 0.2) is 0 Å². The van der Waals surface area contributed by atoms with Crippen LogP contribution in [-0.4, -0.2) is 31.1 Å². The summed E-state index contributed by atoms with van der Waals surface area (Å²) in [6, 6.07) is 9.05. The third kappa shape index (κ3) is 2.49. The zero-order valence-electron chi connectivity index (χ0n) is 11.3. The second-order valence-electron chi connectivity index (χ2n) is 5.11. The molecule has 1 fully saturated rings. The van der Waals surface area contributed by atoms with Gasteiger partial charge in [-0.3, -0.25) is 9.78 Å². The summed E-state index contributed by atoms with van der Waals surface area (Å²) in [4.78, 5) is 17.7. The number of pyridine rings is 1. The molecule has 0 N–H and O–H groups in total. The average molecular weight is 308 g/mol. The molecule has 3 rings (SSSR count). The molecule has 7 heteroatoms. The fourth-order valence-corrected chi connectivity index (χ4v) is 3.21. The van der Waals surface area contributed by atoms with Crippen molar-refractivity contribution in [1.29, 1.82) is 0 Å². The fraction of sp³-hybridized carbons (Fsp3) is 0.286. The zero-order chi connectivity index (χ0) is 15.2. The molecule has 1 aromatic carbocycles. The molecule has 1 aromatic heterocycles. The van der Waals surface area contributed by atoms with E-state index in [1.807, 2.05) is 25.1 Å². The van der Waals surface area contributed by atoms with Crippen molar-refractivity contribution in [2.45, 2.75) is 18.6 Å². The Morgan fingerprint density at radius 2 is 2.05 bits per heavy atom. The molecule has 1 atom stereocenters. The predicted molar refractivity (Wildman–Crippen MR) is 77.3 cm³/mol. The number of hydrogen-bond donors (Lipinski definition) is 0. The summed E-state index contributed by atoms with van der Waals surface area (Å²) in [5, 5.41) is -0.456. The van der Waals surface area contributed by atoms with E-state index in [9.17, 15) is 17.1 Å². The molecular formula is C14H13FN2O3S. The minimum Gasteiger partial charge on any atom is -0.309 e. The second-order valence-corrected chi connectivity index (χ2v) is 6.73. The molecule has 21 heavy (non-hydrogen) atoms. The number of nitrogens with zero attached hydrogens (tertiary/aromatic N) is 2. The SMILES string of the molecule is Cc1ccc2cccc(N3CC(S(=O)(=O)F)CC3=O)c2n1. The lowest BCUT2D eigenvalue weighted by atomic mass is 10.1. The Bertz CT molecular complexity index is 835. The molecule has 0 aliphatic carbocycles. The van der Waals surface area contributed by atoms with Crippen molar-refractivity contribution in [2.75, 3.05) is 11.4 Å². The van der Waals surface area contributed by atoms with Crippen molar-refractivity contribution in [2.24, 2.45) is 0 Å². The molecule has 0 saturated carbocycles. The lowest BCUT2D eigenvalue weighted by molar-refractivity contribution is -0.117. The Balaban J connectivity index is 2.09. The molecular weight excluding hydrogens is 295 g/mol. The zero-order valence-corrected chi connectivity index (χ0v) is 12.1. The smallest absolute Gasteiger partial charge is 0.307 e. The quantitative estimate of drug-likeness (QED) is 0.795. The Morgan fingerprint density at radius 1 is 1.29 bits per heavy atom. The van der Waals surface area contributed by atoms with Gasteiger partial charge in [0.2, 0.25) is 5.91 Å². The maximum Gasteiger partial charge on any atom is 0.307 e. The first-order valence-electron chi connectivity index (χ1n) is 6.46. The van der Waals surface area contributed by atoms with Gasteiger partial charge in [0, 0.05) is 24.0 Å². The lowest BCUT2D eigenvalue weighted by Crippen LogP contribution is -2.27. The summed E-state index contributed by atoms with van der Waals surface area (Å²) in [5.41, 5.74) is 1.92. The molecule has 5 nitrogen and oxygen atoms in total. The summed E-state index contributed by atoms with van der Waals surface area (Å²) in [5.74, 6) is -0.406. The van der Waals surface area contributed by atoms with Crippen LogP contribution in [0, 0.1) is 6.92 Å². The first-order chi connectivity index (χ1) is 9.86. The predicted octanol–water partition coefficient (Wildman–Crippen LogP) is 1.95. The fourth-order valence-electron chi connectivity index (χ4n) is 2.54. The van der Waals surface area contributed by atoms with Gasteiger partial charge in [-0.05, 0) is 19.1 Å². The van der Waals surface area contributed by atoms with Crippen molar-refractivity contribution < 1.29 is 17.1 Å². The van der Waals surface area contributed by atoms with Gasteiger partial charge < -0.3 is 4.90 Å². The number of hydrogen-bond acceptors (Lipinski definition) is 4. The van der Waals surface area contributed by atoms with Crippen LogP contribution in [0.25, 0.3) is 10.9 Å². The minimum absolute atomic E-state index is 0.174. The van der Waals surface area contributed by atoms with E-state index in [1.54, 1.807) is 12.1 Å². The van der Waals surface area contributed by atoms with Gasteiger partial charge in [0.1, 0.15) is 5.25 Å². The van der Waals surface area contributed by atoms with Crippen molar-refractivity contribution in [3.8, 4) is 0 Å². The molecule has 0 radical (unpaired) electrons. The van der Waals surface area contributed by atoms with E-state index in [0.717, 1.165) is 11.1 Å². The Kier molecular flexibility index (Phi) is 3.16. The summed E-state index contributed by atoms with van der Waals surface area (Å²) >= 11 is 0. The molecule has 1 unspecified atom stereocenters. The molecule has 1 aliphatic rings. The molecule has 0 bridgehead atoms. The number of carbonyl (C=O) groups is 1. The van der Waals surface area contributed by atoms with Gasteiger partial charge in [-0.2, -0.15) is 8.42 Å². The highest BCUT2D eigenvalue weighted by molar-refractivity contribution is 7.87. The van der Waals surface area contributed by atoms with Gasteiger partial charge in [0.25, 0.3) is 0 Å². The monoisotopic (exact) mass is 308 g/mol. The number of fused-ring (bicyclic) bond motifs is 1. The van der Waals surface area contributed by atoms with Gasteiger partial charge in [-0.1, -0.05) is 18.2 Å². The van der Waals surface area contributed by atoms with Crippen molar-refractivity contribution in [1.82, 2.24) is 4.98 Å². The highest BCUT2D eigenvalue weighted by Gasteiger charge is 2.39. The van der Waals surface area contributed by atoms with Crippen LogP contribution in [-0.2, 0) is 15.0 Å². The largest absolute Gasteiger partial charge is 0.309 e. The number of halogens is 1. The number of aromatic nitrogens is 1. The van der Waals surface area contributed by atoms with Crippen molar-refractivity contribution in [3.63, 3.8) is 0 Å². The van der Waals surface area contributed by atoms with Crippen LogP contribution < -0.4 is 4.90 Å². The molecule has 1 aliphatic heterocycles. The van der Waals surface area contributed by atoms with Crippen LogP contribution in [0.5, 0.6) is 0 Å². The van der Waals surface area contributed by atoms with E-state index in [-0.39, 0.29) is 13.0 Å². The van der Waals surface area contributed by atoms with Crippen LogP contribution in [0.4, 0.5) is 9.57 Å². The van der Waals surface area contributed by atoms with E-state index in [2.05, 4.69) is 4.98 Å². The maximum absolute atomic E-state index is 13.1. The summed E-state index contributed by atoms with van der Waals surface area (Å²) in [6.07, 6.45) is -0.332. The Morgan fingerprint density at radius 3 is 2.71 bits per heavy atom.